The van der Waals surface area contributed by atoms with Crippen LogP contribution < -0.4 is 14.8 Å². The first-order valence-electron chi connectivity index (χ1n) is 8.39. The Morgan fingerprint density at radius 2 is 1.93 bits per heavy atom. The zero-order valence-electron chi connectivity index (χ0n) is 15.4. The lowest BCUT2D eigenvalue weighted by atomic mass is 10.1. The molecular formula is C19H20N4O4S. The topological polar surface area (TPSA) is 102 Å². The number of methoxy groups -OCH3 is 1. The molecule has 2 N–H and O–H groups in total. The molecule has 0 saturated heterocycles. The third-order valence-corrected chi connectivity index (χ3v) is 4.44. The molecule has 1 aromatic heterocycles. The van der Waals surface area contributed by atoms with Crippen LogP contribution in [0.2, 0.25) is 0 Å². The van der Waals surface area contributed by atoms with Gasteiger partial charge in [0.15, 0.2) is 0 Å². The molecule has 0 fully saturated rings. The fraction of sp³-hybridized carbons (Fsp3) is 0.158. The molecule has 1 heterocycles. The van der Waals surface area contributed by atoms with Crippen LogP contribution in [0.3, 0.4) is 0 Å². The normalized spacial score (nSPS) is 11.1. The third-order valence-electron chi connectivity index (χ3n) is 3.85. The first-order chi connectivity index (χ1) is 13.3. The number of rotatable bonds is 7. The largest absolute Gasteiger partial charge is 0.494 e. The van der Waals surface area contributed by atoms with Crippen LogP contribution in [0.15, 0.2) is 60.9 Å². The van der Waals surface area contributed by atoms with Crippen molar-refractivity contribution in [3.8, 4) is 11.4 Å². The molecule has 1 amide bonds. The molecule has 28 heavy (non-hydrogen) atoms. The van der Waals surface area contributed by atoms with Gasteiger partial charge in [-0.1, -0.05) is 12.1 Å². The lowest BCUT2D eigenvalue weighted by Gasteiger charge is -2.12. The minimum atomic E-state index is -3.43. The number of aromatic nitrogens is 2. The van der Waals surface area contributed by atoms with Crippen LogP contribution in [0, 0.1) is 0 Å². The molecule has 3 rings (SSSR count). The van der Waals surface area contributed by atoms with Crippen molar-refractivity contribution in [2.45, 2.75) is 6.42 Å². The summed E-state index contributed by atoms with van der Waals surface area (Å²) in [6.45, 7) is 0. The molecule has 3 aromatic rings. The van der Waals surface area contributed by atoms with E-state index in [1.54, 1.807) is 23.0 Å². The van der Waals surface area contributed by atoms with Gasteiger partial charge in [-0.15, -0.1) is 0 Å². The molecule has 8 nitrogen and oxygen atoms in total. The van der Waals surface area contributed by atoms with Crippen LogP contribution >= 0.6 is 0 Å². The van der Waals surface area contributed by atoms with Crippen LogP contribution in [-0.2, 0) is 21.2 Å². The van der Waals surface area contributed by atoms with Crippen LogP contribution in [-0.4, -0.2) is 37.5 Å². The van der Waals surface area contributed by atoms with E-state index in [9.17, 15) is 13.2 Å². The van der Waals surface area contributed by atoms with Gasteiger partial charge in [0.05, 0.1) is 31.2 Å². The van der Waals surface area contributed by atoms with Gasteiger partial charge in [0, 0.05) is 24.1 Å². The number of benzene rings is 2. The maximum absolute atomic E-state index is 12.3. The number of nitrogens with zero attached hydrogens (tertiary/aromatic N) is 2. The van der Waals surface area contributed by atoms with Crippen LogP contribution in [0.4, 0.5) is 11.4 Å². The smallest absolute Gasteiger partial charge is 0.229 e. The Hall–Kier alpha value is -3.33. The zero-order valence-corrected chi connectivity index (χ0v) is 16.2. The lowest BCUT2D eigenvalue weighted by Crippen LogP contribution is -2.15. The van der Waals surface area contributed by atoms with Gasteiger partial charge in [0.2, 0.25) is 15.9 Å². The number of anilines is 2. The van der Waals surface area contributed by atoms with Gasteiger partial charge in [0.1, 0.15) is 5.75 Å². The molecule has 146 valence electrons. The monoisotopic (exact) mass is 400 g/mol. The standard InChI is InChI=1S/C19H20N4O4S/c1-27-18-13-15(6-9-17(18)22-28(2,25)26)21-19(24)12-14-4-7-16(8-5-14)23-11-3-10-20-23/h3-11,13,22H,12H2,1-2H3,(H,21,24). The first kappa shape index (κ1) is 19.4. The minimum Gasteiger partial charge on any atom is -0.494 e. The zero-order chi connectivity index (χ0) is 20.1. The van der Waals surface area contributed by atoms with Crippen molar-refractivity contribution in [1.29, 1.82) is 0 Å². The Bertz CT molecular complexity index is 1060. The van der Waals surface area contributed by atoms with Crippen molar-refractivity contribution < 1.29 is 17.9 Å². The SMILES string of the molecule is COc1cc(NC(=O)Cc2ccc(-n3cccn3)cc2)ccc1NS(C)(=O)=O. The first-order valence-corrected chi connectivity index (χ1v) is 10.3. The number of carbonyl (C=O) groups excluding carboxylic acids is 1. The highest BCUT2D eigenvalue weighted by Gasteiger charge is 2.11. The predicted octanol–water partition coefficient (Wildman–Crippen LogP) is 2.43. The van der Waals surface area contributed by atoms with E-state index in [1.807, 2.05) is 36.5 Å². The number of carbonyl (C=O) groups is 1. The molecule has 0 spiro atoms. The molecule has 0 aliphatic carbocycles. The summed E-state index contributed by atoms with van der Waals surface area (Å²) in [5.41, 5.74) is 2.58. The Morgan fingerprint density at radius 3 is 2.54 bits per heavy atom. The Kier molecular flexibility index (Phi) is 5.65. The second-order valence-electron chi connectivity index (χ2n) is 6.13. The Labute approximate surface area is 163 Å². The van der Waals surface area contributed by atoms with Crippen molar-refractivity contribution >= 4 is 27.3 Å². The van der Waals surface area contributed by atoms with Gasteiger partial charge in [-0.2, -0.15) is 5.10 Å². The molecule has 0 aliphatic heterocycles. The second kappa shape index (κ2) is 8.13. The summed E-state index contributed by atoms with van der Waals surface area (Å²) in [7, 11) is -2.00. The van der Waals surface area contributed by atoms with Gasteiger partial charge in [-0.25, -0.2) is 13.1 Å². The molecule has 0 aliphatic rings. The predicted molar refractivity (Wildman–Crippen MR) is 107 cm³/mol. The fourth-order valence-corrected chi connectivity index (χ4v) is 3.20. The maximum atomic E-state index is 12.3. The summed E-state index contributed by atoms with van der Waals surface area (Å²) in [5.74, 6) is 0.115. The molecule has 0 bridgehead atoms. The quantitative estimate of drug-likeness (QED) is 0.634. The highest BCUT2D eigenvalue weighted by Crippen LogP contribution is 2.28. The van der Waals surface area contributed by atoms with E-state index in [4.69, 9.17) is 4.74 Å². The summed E-state index contributed by atoms with van der Waals surface area (Å²) in [5, 5.41) is 6.94. The average Bonchev–Trinajstić information content (AvgIpc) is 3.17. The average molecular weight is 400 g/mol. The lowest BCUT2D eigenvalue weighted by molar-refractivity contribution is -0.115. The Morgan fingerprint density at radius 1 is 1.18 bits per heavy atom. The number of hydrogen-bond donors (Lipinski definition) is 2. The fourth-order valence-electron chi connectivity index (χ4n) is 2.63. The highest BCUT2D eigenvalue weighted by atomic mass is 32.2. The van der Waals surface area contributed by atoms with Gasteiger partial charge < -0.3 is 10.1 Å². The van der Waals surface area contributed by atoms with E-state index in [2.05, 4.69) is 15.1 Å². The van der Waals surface area contributed by atoms with Crippen molar-refractivity contribution in [3.63, 3.8) is 0 Å². The molecule has 0 saturated carbocycles. The van der Waals surface area contributed by atoms with Crippen molar-refractivity contribution in [1.82, 2.24) is 9.78 Å². The number of nitrogens with one attached hydrogen (secondary N) is 2. The van der Waals surface area contributed by atoms with Gasteiger partial charge in [-0.05, 0) is 35.9 Å². The van der Waals surface area contributed by atoms with Gasteiger partial charge in [0.25, 0.3) is 0 Å². The van der Waals surface area contributed by atoms with E-state index in [0.717, 1.165) is 17.5 Å². The summed E-state index contributed by atoms with van der Waals surface area (Å²) in [6.07, 6.45) is 4.80. The van der Waals surface area contributed by atoms with Crippen molar-refractivity contribution in [2.75, 3.05) is 23.4 Å². The molecule has 0 unspecified atom stereocenters. The summed E-state index contributed by atoms with van der Waals surface area (Å²) in [6, 6.07) is 14.1. The number of sulfonamides is 1. The van der Waals surface area contributed by atoms with Gasteiger partial charge >= 0.3 is 0 Å². The van der Waals surface area contributed by atoms with Gasteiger partial charge in [-0.3, -0.25) is 9.52 Å². The molecule has 0 atom stereocenters. The summed E-state index contributed by atoms with van der Waals surface area (Å²) < 4.78 is 32.1. The number of hydrogen-bond acceptors (Lipinski definition) is 5. The van der Waals surface area contributed by atoms with Crippen LogP contribution in [0.1, 0.15) is 5.56 Å². The summed E-state index contributed by atoms with van der Waals surface area (Å²) >= 11 is 0. The number of ether oxygens (including phenoxy) is 1. The minimum absolute atomic E-state index is 0.197. The highest BCUT2D eigenvalue weighted by molar-refractivity contribution is 7.92. The van der Waals surface area contributed by atoms with E-state index >= 15 is 0 Å². The van der Waals surface area contributed by atoms with E-state index in [0.29, 0.717) is 17.1 Å². The van der Waals surface area contributed by atoms with E-state index < -0.39 is 10.0 Å². The summed E-state index contributed by atoms with van der Waals surface area (Å²) in [4.78, 5) is 12.3. The van der Waals surface area contributed by atoms with E-state index in [-0.39, 0.29) is 12.3 Å². The van der Waals surface area contributed by atoms with Crippen molar-refractivity contribution in [3.05, 3.63) is 66.5 Å². The van der Waals surface area contributed by atoms with Crippen molar-refractivity contribution in [2.24, 2.45) is 0 Å². The molecule has 0 radical (unpaired) electrons. The molecular weight excluding hydrogens is 380 g/mol. The number of amides is 1. The third kappa shape index (κ3) is 5.10. The second-order valence-corrected chi connectivity index (χ2v) is 7.88. The Balaban J connectivity index is 1.66. The maximum Gasteiger partial charge on any atom is 0.229 e. The molecule has 9 heteroatoms. The van der Waals surface area contributed by atoms with Crippen LogP contribution in [0.5, 0.6) is 5.75 Å². The molecule has 2 aromatic carbocycles. The van der Waals surface area contributed by atoms with Crippen LogP contribution in [0.25, 0.3) is 5.69 Å². The van der Waals surface area contributed by atoms with E-state index in [1.165, 1.54) is 13.2 Å².